The fourth-order valence-corrected chi connectivity index (χ4v) is 3.19. The quantitative estimate of drug-likeness (QED) is 0.784. The van der Waals surface area contributed by atoms with Gasteiger partial charge in [0.25, 0.3) is 0 Å². The molecule has 2 aromatic rings. The highest BCUT2D eigenvalue weighted by Gasteiger charge is 2.16. The summed E-state index contributed by atoms with van der Waals surface area (Å²) in [5, 5.41) is 5.79. The van der Waals surface area contributed by atoms with Gasteiger partial charge in [-0.15, -0.1) is 0 Å². The van der Waals surface area contributed by atoms with Crippen LogP contribution in [0.25, 0.3) is 0 Å². The number of amides is 2. The van der Waals surface area contributed by atoms with E-state index in [1.165, 1.54) is 11.3 Å². The molecule has 5 nitrogen and oxygen atoms in total. The summed E-state index contributed by atoms with van der Waals surface area (Å²) in [6.07, 6.45) is 0.965. The van der Waals surface area contributed by atoms with Crippen LogP contribution in [0.5, 0.6) is 0 Å². The van der Waals surface area contributed by atoms with Crippen LogP contribution in [-0.4, -0.2) is 50.2 Å². The Hall–Kier alpha value is -2.53. The number of piperazine rings is 1. The molecule has 2 amide bonds. The van der Waals surface area contributed by atoms with E-state index in [-0.39, 0.29) is 6.03 Å². The highest BCUT2D eigenvalue weighted by molar-refractivity contribution is 5.89. The third-order valence-corrected chi connectivity index (χ3v) is 4.74. The summed E-state index contributed by atoms with van der Waals surface area (Å²) in [6.45, 7) is 8.01. The number of aryl methyl sites for hydroxylation is 1. The Balaban J connectivity index is 1.30. The van der Waals surface area contributed by atoms with Crippen molar-refractivity contribution in [2.75, 3.05) is 49.5 Å². The van der Waals surface area contributed by atoms with Gasteiger partial charge in [-0.2, -0.15) is 0 Å². The maximum Gasteiger partial charge on any atom is 0.319 e. The van der Waals surface area contributed by atoms with Crippen molar-refractivity contribution in [1.29, 1.82) is 0 Å². The zero-order chi connectivity index (χ0) is 18.2. The van der Waals surface area contributed by atoms with Crippen molar-refractivity contribution < 1.29 is 4.79 Å². The van der Waals surface area contributed by atoms with E-state index < -0.39 is 0 Å². The number of rotatable bonds is 6. The Morgan fingerprint density at radius 3 is 2.35 bits per heavy atom. The fourth-order valence-electron chi connectivity index (χ4n) is 3.19. The van der Waals surface area contributed by atoms with E-state index in [4.69, 9.17) is 0 Å². The van der Waals surface area contributed by atoms with Crippen LogP contribution in [0, 0.1) is 6.92 Å². The van der Waals surface area contributed by atoms with Crippen LogP contribution in [0.1, 0.15) is 12.0 Å². The SMILES string of the molecule is Cc1ccc(NC(=O)NCCCN2CCN(c3ccccc3)CC2)cc1. The zero-order valence-electron chi connectivity index (χ0n) is 15.4. The summed E-state index contributed by atoms with van der Waals surface area (Å²) in [4.78, 5) is 16.8. The molecule has 1 fully saturated rings. The van der Waals surface area contributed by atoms with Crippen molar-refractivity contribution in [2.24, 2.45) is 0 Å². The van der Waals surface area contributed by atoms with Crippen LogP contribution in [-0.2, 0) is 0 Å². The molecule has 0 bridgehead atoms. The number of para-hydroxylation sites is 1. The summed E-state index contributed by atoms with van der Waals surface area (Å²) < 4.78 is 0. The first-order chi connectivity index (χ1) is 12.7. The lowest BCUT2D eigenvalue weighted by atomic mass is 10.2. The molecule has 5 heteroatoms. The molecular formula is C21H28N4O. The van der Waals surface area contributed by atoms with E-state index in [9.17, 15) is 4.79 Å². The van der Waals surface area contributed by atoms with Gasteiger partial charge < -0.3 is 15.5 Å². The highest BCUT2D eigenvalue weighted by Crippen LogP contribution is 2.15. The molecule has 2 N–H and O–H groups in total. The lowest BCUT2D eigenvalue weighted by Crippen LogP contribution is -2.47. The molecule has 0 aliphatic carbocycles. The van der Waals surface area contributed by atoms with Crippen molar-refractivity contribution in [3.8, 4) is 0 Å². The van der Waals surface area contributed by atoms with Crippen molar-refractivity contribution in [1.82, 2.24) is 10.2 Å². The van der Waals surface area contributed by atoms with E-state index in [1.54, 1.807) is 0 Å². The Labute approximate surface area is 156 Å². The Bertz CT molecular complexity index is 679. The average molecular weight is 352 g/mol. The fraction of sp³-hybridized carbons (Fsp3) is 0.381. The number of carbonyl (C=O) groups is 1. The summed E-state index contributed by atoms with van der Waals surface area (Å²) >= 11 is 0. The molecule has 1 aliphatic rings. The second kappa shape index (κ2) is 9.25. The van der Waals surface area contributed by atoms with Crippen LogP contribution >= 0.6 is 0 Å². The maximum absolute atomic E-state index is 11.9. The molecule has 0 aromatic heterocycles. The van der Waals surface area contributed by atoms with Crippen LogP contribution in [0.4, 0.5) is 16.2 Å². The lowest BCUT2D eigenvalue weighted by molar-refractivity contribution is 0.244. The molecule has 0 atom stereocenters. The van der Waals surface area contributed by atoms with E-state index in [1.807, 2.05) is 31.2 Å². The molecule has 0 unspecified atom stereocenters. The number of hydrogen-bond donors (Lipinski definition) is 2. The first-order valence-corrected chi connectivity index (χ1v) is 9.34. The van der Waals surface area contributed by atoms with Gasteiger partial charge in [0.15, 0.2) is 0 Å². The van der Waals surface area contributed by atoms with Gasteiger partial charge in [-0.1, -0.05) is 35.9 Å². The molecule has 3 rings (SSSR count). The molecule has 2 aromatic carbocycles. The smallest absolute Gasteiger partial charge is 0.319 e. The predicted molar refractivity (Wildman–Crippen MR) is 108 cm³/mol. The molecular weight excluding hydrogens is 324 g/mol. The van der Waals surface area contributed by atoms with Crippen LogP contribution in [0.2, 0.25) is 0 Å². The molecule has 26 heavy (non-hydrogen) atoms. The van der Waals surface area contributed by atoms with Gasteiger partial charge in [0.1, 0.15) is 0 Å². The summed E-state index contributed by atoms with van der Waals surface area (Å²) in [7, 11) is 0. The zero-order valence-corrected chi connectivity index (χ0v) is 15.4. The van der Waals surface area contributed by atoms with Crippen molar-refractivity contribution in [3.63, 3.8) is 0 Å². The van der Waals surface area contributed by atoms with Crippen molar-refractivity contribution in [3.05, 3.63) is 60.2 Å². The van der Waals surface area contributed by atoms with Gasteiger partial charge in [0.05, 0.1) is 0 Å². The maximum atomic E-state index is 11.9. The van der Waals surface area contributed by atoms with Gasteiger partial charge in [-0.25, -0.2) is 4.79 Å². The van der Waals surface area contributed by atoms with E-state index >= 15 is 0 Å². The summed E-state index contributed by atoms with van der Waals surface area (Å²) in [5.41, 5.74) is 3.31. The third kappa shape index (κ3) is 5.49. The van der Waals surface area contributed by atoms with Crippen molar-refractivity contribution in [2.45, 2.75) is 13.3 Å². The molecule has 1 aliphatic heterocycles. The van der Waals surface area contributed by atoms with Gasteiger partial charge in [-0.05, 0) is 44.2 Å². The minimum atomic E-state index is -0.136. The minimum Gasteiger partial charge on any atom is -0.369 e. The highest BCUT2D eigenvalue weighted by atomic mass is 16.2. The van der Waals surface area contributed by atoms with Gasteiger partial charge in [0, 0.05) is 44.1 Å². The van der Waals surface area contributed by atoms with Crippen LogP contribution < -0.4 is 15.5 Å². The Morgan fingerprint density at radius 2 is 1.65 bits per heavy atom. The summed E-state index contributed by atoms with van der Waals surface area (Å²) in [6, 6.07) is 18.3. The molecule has 1 heterocycles. The number of urea groups is 1. The summed E-state index contributed by atoms with van der Waals surface area (Å²) in [5.74, 6) is 0. The van der Waals surface area contributed by atoms with Gasteiger partial charge in [0.2, 0.25) is 0 Å². The molecule has 0 saturated carbocycles. The van der Waals surface area contributed by atoms with E-state index in [2.05, 4.69) is 50.8 Å². The number of carbonyl (C=O) groups excluding carboxylic acids is 1. The Kier molecular flexibility index (Phi) is 6.50. The normalized spacial score (nSPS) is 14.9. The van der Waals surface area contributed by atoms with Gasteiger partial charge in [-0.3, -0.25) is 4.90 Å². The number of nitrogens with one attached hydrogen (secondary N) is 2. The first kappa shape index (κ1) is 18.3. The van der Waals surface area contributed by atoms with Crippen molar-refractivity contribution >= 4 is 17.4 Å². The second-order valence-corrected chi connectivity index (χ2v) is 6.76. The topological polar surface area (TPSA) is 47.6 Å². The number of nitrogens with zero attached hydrogens (tertiary/aromatic N) is 2. The monoisotopic (exact) mass is 352 g/mol. The molecule has 0 radical (unpaired) electrons. The lowest BCUT2D eigenvalue weighted by Gasteiger charge is -2.36. The average Bonchev–Trinajstić information content (AvgIpc) is 2.68. The molecule has 1 saturated heterocycles. The first-order valence-electron chi connectivity index (χ1n) is 9.34. The van der Waals surface area contributed by atoms with E-state index in [0.717, 1.165) is 44.8 Å². The number of anilines is 2. The molecule has 138 valence electrons. The predicted octanol–water partition coefficient (Wildman–Crippen LogP) is 3.33. The standard InChI is InChI=1S/C21H28N4O/c1-18-8-10-19(11-9-18)23-21(26)22-12-5-13-24-14-16-25(17-15-24)20-6-3-2-4-7-20/h2-4,6-11H,5,12-17H2,1H3,(H2,22,23,26). The minimum absolute atomic E-state index is 0.136. The number of benzene rings is 2. The largest absolute Gasteiger partial charge is 0.369 e. The van der Waals surface area contributed by atoms with Crippen LogP contribution in [0.15, 0.2) is 54.6 Å². The number of hydrogen-bond acceptors (Lipinski definition) is 3. The Morgan fingerprint density at radius 1 is 0.962 bits per heavy atom. The third-order valence-electron chi connectivity index (χ3n) is 4.74. The second-order valence-electron chi connectivity index (χ2n) is 6.76. The van der Waals surface area contributed by atoms with Crippen LogP contribution in [0.3, 0.4) is 0 Å². The molecule has 0 spiro atoms. The van der Waals surface area contributed by atoms with E-state index in [0.29, 0.717) is 6.54 Å². The van der Waals surface area contributed by atoms with Gasteiger partial charge >= 0.3 is 6.03 Å².